The van der Waals surface area contributed by atoms with Crippen LogP contribution in [-0.4, -0.2) is 41.1 Å². The highest BCUT2D eigenvalue weighted by Gasteiger charge is 2.20. The summed E-state index contributed by atoms with van der Waals surface area (Å²) in [6.07, 6.45) is 3.56. The second kappa shape index (κ2) is 7.85. The van der Waals surface area contributed by atoms with Gasteiger partial charge in [0.25, 0.3) is 0 Å². The van der Waals surface area contributed by atoms with Crippen molar-refractivity contribution in [3.63, 3.8) is 0 Å². The number of carbonyl (C=O) groups is 1. The van der Waals surface area contributed by atoms with E-state index in [4.69, 9.17) is 9.47 Å². The van der Waals surface area contributed by atoms with Gasteiger partial charge < -0.3 is 20.1 Å². The van der Waals surface area contributed by atoms with Gasteiger partial charge in [-0.2, -0.15) is 5.10 Å². The van der Waals surface area contributed by atoms with Gasteiger partial charge in [0.2, 0.25) is 5.88 Å². The molecule has 1 aliphatic heterocycles. The molecule has 0 bridgehead atoms. The lowest BCUT2D eigenvalue weighted by Crippen LogP contribution is -2.22. The molecule has 1 saturated heterocycles. The predicted molar refractivity (Wildman–Crippen MR) is 107 cm³/mol. The molecule has 3 aromatic rings. The number of nitrogens with one attached hydrogen (secondary N) is 2. The topological polar surface area (TPSA) is 90.3 Å². The van der Waals surface area contributed by atoms with Gasteiger partial charge in [-0.25, -0.2) is 9.78 Å². The van der Waals surface area contributed by atoms with Crippen molar-refractivity contribution in [3.05, 3.63) is 42.2 Å². The highest BCUT2D eigenvalue weighted by Crippen LogP contribution is 2.25. The molecule has 28 heavy (non-hydrogen) atoms. The number of urea groups is 1. The summed E-state index contributed by atoms with van der Waals surface area (Å²) in [4.78, 5) is 16.8. The summed E-state index contributed by atoms with van der Waals surface area (Å²) in [5.41, 5.74) is 3.14. The summed E-state index contributed by atoms with van der Waals surface area (Å²) in [6.45, 7) is 3.46. The molecule has 8 heteroatoms. The molecular weight excluding hydrogens is 358 g/mol. The quantitative estimate of drug-likeness (QED) is 0.718. The summed E-state index contributed by atoms with van der Waals surface area (Å²) in [7, 11) is 1.58. The number of nitrogens with zero attached hydrogens (tertiary/aromatic N) is 3. The van der Waals surface area contributed by atoms with E-state index in [0.29, 0.717) is 23.3 Å². The van der Waals surface area contributed by atoms with Crippen molar-refractivity contribution in [1.29, 1.82) is 0 Å². The first-order chi connectivity index (χ1) is 13.6. The lowest BCUT2D eigenvalue weighted by molar-refractivity contribution is 0.0657. The average molecular weight is 381 g/mol. The SMILES string of the molecule is COc1ccc2cc(NC(=O)Nc3cnn(C4CCOCC4)c3C)ccc2n1. The molecule has 1 aliphatic rings. The van der Waals surface area contributed by atoms with Crippen molar-refractivity contribution in [2.45, 2.75) is 25.8 Å². The number of anilines is 2. The number of fused-ring (bicyclic) bond motifs is 1. The predicted octanol–water partition coefficient (Wildman–Crippen LogP) is 3.74. The third kappa shape index (κ3) is 3.77. The monoisotopic (exact) mass is 381 g/mol. The van der Waals surface area contributed by atoms with E-state index in [1.807, 2.05) is 35.9 Å². The van der Waals surface area contributed by atoms with Gasteiger partial charge in [-0.15, -0.1) is 0 Å². The van der Waals surface area contributed by atoms with E-state index in [1.54, 1.807) is 19.4 Å². The first kappa shape index (κ1) is 18.2. The molecule has 2 aromatic heterocycles. The van der Waals surface area contributed by atoms with E-state index in [2.05, 4.69) is 20.7 Å². The van der Waals surface area contributed by atoms with E-state index >= 15 is 0 Å². The zero-order valence-corrected chi connectivity index (χ0v) is 15.9. The fraction of sp³-hybridized carbons (Fsp3) is 0.350. The number of methoxy groups -OCH3 is 1. The van der Waals surface area contributed by atoms with Crippen molar-refractivity contribution < 1.29 is 14.3 Å². The number of rotatable bonds is 4. The van der Waals surface area contributed by atoms with Crippen molar-refractivity contribution >= 4 is 28.3 Å². The van der Waals surface area contributed by atoms with Crippen LogP contribution in [0.15, 0.2) is 36.5 Å². The molecule has 2 N–H and O–H groups in total. The lowest BCUT2D eigenvalue weighted by Gasteiger charge is -2.23. The zero-order valence-electron chi connectivity index (χ0n) is 15.9. The van der Waals surface area contributed by atoms with Crippen LogP contribution in [0.3, 0.4) is 0 Å². The maximum atomic E-state index is 12.4. The van der Waals surface area contributed by atoms with Gasteiger partial charge in [-0.05, 0) is 44.0 Å². The fourth-order valence-corrected chi connectivity index (χ4v) is 3.43. The molecule has 2 amide bonds. The van der Waals surface area contributed by atoms with Crippen LogP contribution < -0.4 is 15.4 Å². The molecule has 0 spiro atoms. The van der Waals surface area contributed by atoms with Crippen LogP contribution in [0.2, 0.25) is 0 Å². The Hall–Kier alpha value is -3.13. The second-order valence-corrected chi connectivity index (χ2v) is 6.77. The third-order valence-corrected chi connectivity index (χ3v) is 4.96. The second-order valence-electron chi connectivity index (χ2n) is 6.77. The van der Waals surface area contributed by atoms with E-state index < -0.39 is 0 Å². The Labute approximate surface area is 162 Å². The number of aromatic nitrogens is 3. The Morgan fingerprint density at radius 3 is 2.82 bits per heavy atom. The van der Waals surface area contributed by atoms with Crippen LogP contribution in [0.1, 0.15) is 24.6 Å². The summed E-state index contributed by atoms with van der Waals surface area (Å²) < 4.78 is 12.5. The van der Waals surface area contributed by atoms with Crippen molar-refractivity contribution in [2.24, 2.45) is 0 Å². The molecule has 0 radical (unpaired) electrons. The molecule has 4 rings (SSSR count). The fourth-order valence-electron chi connectivity index (χ4n) is 3.43. The minimum Gasteiger partial charge on any atom is -0.481 e. The number of amides is 2. The number of ether oxygens (including phenoxy) is 2. The smallest absolute Gasteiger partial charge is 0.323 e. The molecule has 0 atom stereocenters. The van der Waals surface area contributed by atoms with Crippen molar-refractivity contribution in [2.75, 3.05) is 31.0 Å². The van der Waals surface area contributed by atoms with Crippen LogP contribution >= 0.6 is 0 Å². The molecule has 3 heterocycles. The number of hydrogen-bond acceptors (Lipinski definition) is 5. The van der Waals surface area contributed by atoms with Crippen molar-refractivity contribution in [3.8, 4) is 5.88 Å². The summed E-state index contributed by atoms with van der Waals surface area (Å²) in [6, 6.07) is 9.24. The van der Waals surface area contributed by atoms with Gasteiger partial charge >= 0.3 is 6.03 Å². The van der Waals surface area contributed by atoms with Crippen LogP contribution in [-0.2, 0) is 4.74 Å². The minimum atomic E-state index is -0.310. The van der Waals surface area contributed by atoms with Gasteiger partial charge in [0.15, 0.2) is 0 Å². The third-order valence-electron chi connectivity index (χ3n) is 4.96. The molecule has 8 nitrogen and oxygen atoms in total. The molecule has 0 aliphatic carbocycles. The zero-order chi connectivity index (χ0) is 19.5. The summed E-state index contributed by atoms with van der Waals surface area (Å²) in [5.74, 6) is 0.558. The number of pyridine rings is 1. The highest BCUT2D eigenvalue weighted by molar-refractivity contribution is 6.01. The molecule has 146 valence electrons. The van der Waals surface area contributed by atoms with E-state index in [0.717, 1.165) is 42.7 Å². The van der Waals surface area contributed by atoms with Crippen LogP contribution in [0, 0.1) is 6.92 Å². The summed E-state index contributed by atoms with van der Waals surface area (Å²) in [5, 5.41) is 11.1. The Bertz CT molecular complexity index is 995. The van der Waals surface area contributed by atoms with E-state index in [9.17, 15) is 4.79 Å². The van der Waals surface area contributed by atoms with Gasteiger partial charge in [-0.3, -0.25) is 4.68 Å². The van der Waals surface area contributed by atoms with E-state index in [-0.39, 0.29) is 6.03 Å². The Kier molecular flexibility index (Phi) is 5.12. The number of carbonyl (C=O) groups excluding carboxylic acids is 1. The standard InChI is InChI=1S/C20H23N5O3/c1-13-18(12-21-25(13)16-7-9-28-10-8-16)24-20(26)22-15-4-5-17-14(11-15)3-6-19(23-17)27-2/h3-6,11-12,16H,7-10H2,1-2H3,(H2,22,24,26). The van der Waals surface area contributed by atoms with E-state index in [1.165, 1.54) is 0 Å². The largest absolute Gasteiger partial charge is 0.481 e. The van der Waals surface area contributed by atoms with Crippen molar-refractivity contribution in [1.82, 2.24) is 14.8 Å². The van der Waals surface area contributed by atoms with Gasteiger partial charge in [0.05, 0.1) is 36.2 Å². The Morgan fingerprint density at radius 2 is 2.04 bits per heavy atom. The highest BCUT2D eigenvalue weighted by atomic mass is 16.5. The first-order valence-electron chi connectivity index (χ1n) is 9.28. The lowest BCUT2D eigenvalue weighted by atomic mass is 10.1. The summed E-state index contributed by atoms with van der Waals surface area (Å²) >= 11 is 0. The van der Waals surface area contributed by atoms with Gasteiger partial charge in [0.1, 0.15) is 0 Å². The Morgan fingerprint density at radius 1 is 1.21 bits per heavy atom. The van der Waals surface area contributed by atoms with Crippen LogP contribution in [0.25, 0.3) is 10.9 Å². The number of benzene rings is 1. The first-order valence-corrected chi connectivity index (χ1v) is 9.28. The maximum Gasteiger partial charge on any atom is 0.323 e. The van der Waals surface area contributed by atoms with Crippen LogP contribution in [0.4, 0.5) is 16.2 Å². The van der Waals surface area contributed by atoms with Crippen LogP contribution in [0.5, 0.6) is 5.88 Å². The molecule has 0 unspecified atom stereocenters. The van der Waals surface area contributed by atoms with Gasteiger partial charge in [-0.1, -0.05) is 0 Å². The molecule has 1 aromatic carbocycles. The Balaban J connectivity index is 1.44. The van der Waals surface area contributed by atoms with Gasteiger partial charge in [0, 0.05) is 30.4 Å². The molecule has 0 saturated carbocycles. The maximum absolute atomic E-state index is 12.4. The average Bonchev–Trinajstić information content (AvgIpc) is 3.08. The minimum absolute atomic E-state index is 0.310. The normalized spacial score (nSPS) is 14.8. The number of hydrogen-bond donors (Lipinski definition) is 2. The molecular formula is C20H23N5O3. The molecule has 1 fully saturated rings.